The molecule has 1 aromatic rings. The monoisotopic (exact) mass is 340 g/mol. The minimum Gasteiger partial charge on any atom is -0.207 e. The van der Waals surface area contributed by atoms with Gasteiger partial charge in [-0.15, -0.1) is 0 Å². The van der Waals surface area contributed by atoms with Crippen LogP contribution >= 0.6 is 31.9 Å². The lowest BCUT2D eigenvalue weighted by Crippen LogP contribution is -2.23. The topological polar surface area (TPSA) is 0 Å². The van der Waals surface area contributed by atoms with Gasteiger partial charge in [-0.25, -0.2) is 8.78 Å². The van der Waals surface area contributed by atoms with Gasteiger partial charge in [-0.2, -0.15) is 0 Å². The van der Waals surface area contributed by atoms with Crippen molar-refractivity contribution in [3.8, 4) is 0 Å². The number of alkyl halides is 2. The first-order chi connectivity index (χ1) is 7.00. The summed E-state index contributed by atoms with van der Waals surface area (Å²) in [5.41, 5.74) is 0.497. The molecule has 0 aliphatic heterocycles. The van der Waals surface area contributed by atoms with E-state index in [0.717, 1.165) is 16.7 Å². The summed E-state index contributed by atoms with van der Waals surface area (Å²) in [4.78, 5) is 0. The second-order valence-corrected chi connectivity index (χ2v) is 5.11. The van der Waals surface area contributed by atoms with E-state index in [4.69, 9.17) is 0 Å². The molecule has 0 saturated heterocycles. The fourth-order valence-corrected chi connectivity index (χ4v) is 2.58. The van der Waals surface area contributed by atoms with E-state index in [1.54, 1.807) is 0 Å². The van der Waals surface area contributed by atoms with Gasteiger partial charge in [-0.1, -0.05) is 44.8 Å². The molecule has 0 bridgehead atoms. The van der Waals surface area contributed by atoms with Crippen LogP contribution in [0.2, 0.25) is 0 Å². The predicted octanol–water partition coefficient (Wildman–Crippen LogP) is 4.30. The van der Waals surface area contributed by atoms with Crippen molar-refractivity contribution in [3.05, 3.63) is 35.4 Å². The Bertz CT molecular complexity index is 335. The van der Waals surface area contributed by atoms with E-state index in [9.17, 15) is 8.78 Å². The molecular weight excluding hydrogens is 330 g/mol. The van der Waals surface area contributed by atoms with E-state index >= 15 is 0 Å². The normalized spacial score (nSPS) is 11.8. The lowest BCUT2D eigenvalue weighted by atomic mass is 9.88. The number of benzene rings is 1. The summed E-state index contributed by atoms with van der Waals surface area (Å²) in [6, 6.07) is 3.73. The Hall–Kier alpha value is 0.0400. The lowest BCUT2D eigenvalue weighted by molar-refractivity contribution is 0.426. The van der Waals surface area contributed by atoms with Crippen LogP contribution in [-0.2, 0) is 6.42 Å². The third-order valence-corrected chi connectivity index (χ3v) is 4.99. The first kappa shape index (κ1) is 13.1. The molecule has 4 heteroatoms. The molecule has 15 heavy (non-hydrogen) atoms. The number of halogens is 4. The summed E-state index contributed by atoms with van der Waals surface area (Å²) in [7, 11) is 0. The van der Waals surface area contributed by atoms with E-state index < -0.39 is 11.6 Å². The smallest absolute Gasteiger partial charge is 0.129 e. The molecule has 1 rings (SSSR count). The van der Waals surface area contributed by atoms with Gasteiger partial charge in [-0.3, -0.25) is 0 Å². The Morgan fingerprint density at radius 3 is 2.27 bits per heavy atom. The van der Waals surface area contributed by atoms with E-state index in [2.05, 4.69) is 31.9 Å². The van der Waals surface area contributed by atoms with Gasteiger partial charge in [0.15, 0.2) is 0 Å². The minimum absolute atomic E-state index is 0.0569. The fraction of sp³-hybridized carbons (Fsp3) is 0.455. The highest BCUT2D eigenvalue weighted by molar-refractivity contribution is 9.09. The van der Waals surface area contributed by atoms with Gasteiger partial charge in [-0.05, 0) is 23.5 Å². The van der Waals surface area contributed by atoms with Crippen LogP contribution in [0.3, 0.4) is 0 Å². The van der Waals surface area contributed by atoms with Crippen molar-refractivity contribution in [2.75, 3.05) is 10.7 Å². The Morgan fingerprint density at radius 2 is 1.80 bits per heavy atom. The zero-order chi connectivity index (χ0) is 11.5. The molecular formula is C11H12Br2F2. The summed E-state index contributed by atoms with van der Waals surface area (Å²) in [5, 5.41) is 1.53. The van der Waals surface area contributed by atoms with Gasteiger partial charge in [0, 0.05) is 16.7 Å². The lowest BCUT2D eigenvalue weighted by Gasteiger charge is -2.24. The van der Waals surface area contributed by atoms with E-state index in [-0.39, 0.29) is 5.41 Å². The molecule has 1 aromatic carbocycles. The van der Waals surface area contributed by atoms with Crippen molar-refractivity contribution >= 4 is 31.9 Å². The molecule has 0 atom stereocenters. The van der Waals surface area contributed by atoms with Crippen LogP contribution in [0.5, 0.6) is 0 Å². The molecule has 0 heterocycles. The Morgan fingerprint density at radius 1 is 1.20 bits per heavy atom. The molecule has 0 spiro atoms. The van der Waals surface area contributed by atoms with Crippen LogP contribution in [-0.4, -0.2) is 10.7 Å². The molecule has 0 fully saturated rings. The predicted molar refractivity (Wildman–Crippen MR) is 65.8 cm³/mol. The zero-order valence-corrected chi connectivity index (χ0v) is 11.5. The summed E-state index contributed by atoms with van der Waals surface area (Å²) in [6.45, 7) is 2.04. The van der Waals surface area contributed by atoms with Crippen LogP contribution in [0.25, 0.3) is 0 Å². The van der Waals surface area contributed by atoms with Gasteiger partial charge in [0.05, 0.1) is 0 Å². The van der Waals surface area contributed by atoms with Crippen molar-refractivity contribution in [3.63, 3.8) is 0 Å². The third kappa shape index (κ3) is 3.52. The molecule has 84 valence electrons. The van der Waals surface area contributed by atoms with Crippen molar-refractivity contribution in [2.24, 2.45) is 5.41 Å². The zero-order valence-electron chi connectivity index (χ0n) is 8.37. The highest BCUT2D eigenvalue weighted by Gasteiger charge is 2.23. The number of hydrogen-bond acceptors (Lipinski definition) is 0. The van der Waals surface area contributed by atoms with Crippen molar-refractivity contribution in [2.45, 2.75) is 13.3 Å². The first-order valence-electron chi connectivity index (χ1n) is 4.56. The quantitative estimate of drug-likeness (QED) is 0.716. The number of rotatable bonds is 4. The van der Waals surface area contributed by atoms with E-state index in [0.29, 0.717) is 12.0 Å². The van der Waals surface area contributed by atoms with Crippen LogP contribution in [0, 0.1) is 17.0 Å². The van der Waals surface area contributed by atoms with Gasteiger partial charge < -0.3 is 0 Å². The molecule has 0 aliphatic carbocycles. The van der Waals surface area contributed by atoms with Crippen molar-refractivity contribution < 1.29 is 8.78 Å². The average molecular weight is 342 g/mol. The molecule has 0 saturated carbocycles. The fourth-order valence-electron chi connectivity index (χ4n) is 1.26. The molecule has 0 aliphatic rings. The van der Waals surface area contributed by atoms with Crippen LogP contribution in [0.15, 0.2) is 18.2 Å². The average Bonchev–Trinajstić information content (AvgIpc) is 2.22. The molecule has 0 radical (unpaired) electrons. The third-order valence-electron chi connectivity index (χ3n) is 2.28. The molecule has 0 unspecified atom stereocenters. The summed E-state index contributed by atoms with van der Waals surface area (Å²) in [5.74, 6) is -1.00. The van der Waals surface area contributed by atoms with Crippen LogP contribution in [0.1, 0.15) is 12.5 Å². The summed E-state index contributed by atoms with van der Waals surface area (Å²) in [6.07, 6.45) is 0.579. The maximum absolute atomic E-state index is 13.4. The molecule has 0 N–H and O–H groups in total. The van der Waals surface area contributed by atoms with Gasteiger partial charge in [0.2, 0.25) is 0 Å². The molecule has 0 aromatic heterocycles. The Balaban J connectivity index is 2.89. The molecule has 0 amide bonds. The highest BCUT2D eigenvalue weighted by Crippen LogP contribution is 2.28. The van der Waals surface area contributed by atoms with Crippen molar-refractivity contribution in [1.29, 1.82) is 0 Å². The maximum Gasteiger partial charge on any atom is 0.129 e. The standard InChI is InChI=1S/C11H12Br2F2/c1-11(6-12,7-13)5-8-2-3-9(14)4-10(8)15/h2-4H,5-7H2,1H3. The highest BCUT2D eigenvalue weighted by atomic mass is 79.9. The van der Waals surface area contributed by atoms with E-state index in [1.165, 1.54) is 12.1 Å². The maximum atomic E-state index is 13.4. The second kappa shape index (κ2) is 5.39. The van der Waals surface area contributed by atoms with E-state index in [1.807, 2.05) is 6.92 Å². The Kier molecular flexibility index (Phi) is 4.71. The van der Waals surface area contributed by atoms with Gasteiger partial charge in [0.1, 0.15) is 11.6 Å². The second-order valence-electron chi connectivity index (χ2n) is 3.99. The summed E-state index contributed by atoms with van der Waals surface area (Å²) < 4.78 is 26.1. The number of hydrogen-bond donors (Lipinski definition) is 0. The minimum atomic E-state index is -0.532. The largest absolute Gasteiger partial charge is 0.207 e. The first-order valence-corrected chi connectivity index (χ1v) is 6.81. The van der Waals surface area contributed by atoms with Crippen LogP contribution < -0.4 is 0 Å². The van der Waals surface area contributed by atoms with Crippen LogP contribution in [0.4, 0.5) is 8.78 Å². The van der Waals surface area contributed by atoms with Crippen molar-refractivity contribution in [1.82, 2.24) is 0 Å². The SMILES string of the molecule is CC(CBr)(CBr)Cc1ccc(F)cc1F. The Labute approximate surface area is 105 Å². The van der Waals surface area contributed by atoms with Gasteiger partial charge in [0.25, 0.3) is 0 Å². The summed E-state index contributed by atoms with van der Waals surface area (Å²) >= 11 is 6.80. The van der Waals surface area contributed by atoms with Gasteiger partial charge >= 0.3 is 0 Å². The molecule has 0 nitrogen and oxygen atoms in total.